The SMILES string of the molecule is CN1CCN(c2cc(CNC(C)(C)C)ccn2)CC1(C)C. The zero-order valence-corrected chi connectivity index (χ0v) is 14.4. The molecule has 0 aliphatic carbocycles. The summed E-state index contributed by atoms with van der Waals surface area (Å²) in [6.07, 6.45) is 1.93. The second kappa shape index (κ2) is 5.93. The van der Waals surface area contributed by atoms with Crippen molar-refractivity contribution in [3.63, 3.8) is 0 Å². The maximum atomic E-state index is 4.58. The van der Waals surface area contributed by atoms with Crippen molar-refractivity contribution in [1.82, 2.24) is 15.2 Å². The van der Waals surface area contributed by atoms with Crippen molar-refractivity contribution >= 4 is 5.82 Å². The van der Waals surface area contributed by atoms with Gasteiger partial charge in [0.15, 0.2) is 0 Å². The lowest BCUT2D eigenvalue weighted by Gasteiger charge is -2.45. The van der Waals surface area contributed by atoms with Crippen LogP contribution in [0.5, 0.6) is 0 Å². The van der Waals surface area contributed by atoms with Crippen LogP contribution in [-0.2, 0) is 6.54 Å². The van der Waals surface area contributed by atoms with E-state index in [1.54, 1.807) is 0 Å². The molecule has 1 aromatic rings. The summed E-state index contributed by atoms with van der Waals surface area (Å²) >= 11 is 0. The Morgan fingerprint density at radius 1 is 1.29 bits per heavy atom. The van der Waals surface area contributed by atoms with Gasteiger partial charge in [-0.3, -0.25) is 4.90 Å². The third kappa shape index (κ3) is 4.42. The summed E-state index contributed by atoms with van der Waals surface area (Å²) < 4.78 is 0. The number of nitrogens with one attached hydrogen (secondary N) is 1. The first kappa shape index (κ1) is 16.2. The van der Waals surface area contributed by atoms with Crippen LogP contribution in [0.2, 0.25) is 0 Å². The average Bonchev–Trinajstić information content (AvgIpc) is 2.39. The number of aromatic nitrogens is 1. The van der Waals surface area contributed by atoms with E-state index in [1.165, 1.54) is 5.56 Å². The minimum Gasteiger partial charge on any atom is -0.353 e. The van der Waals surface area contributed by atoms with Crippen LogP contribution in [0.3, 0.4) is 0 Å². The maximum absolute atomic E-state index is 4.58. The molecule has 0 amide bonds. The molecule has 1 saturated heterocycles. The molecule has 0 aromatic carbocycles. The number of nitrogens with zero attached hydrogens (tertiary/aromatic N) is 3. The molecule has 2 heterocycles. The number of anilines is 1. The van der Waals surface area contributed by atoms with E-state index in [2.05, 4.69) is 73.9 Å². The fourth-order valence-corrected chi connectivity index (χ4v) is 2.55. The molecule has 2 rings (SSSR count). The normalized spacial score (nSPS) is 19.8. The molecule has 118 valence electrons. The summed E-state index contributed by atoms with van der Waals surface area (Å²) in [7, 11) is 2.20. The third-order valence-corrected chi connectivity index (χ3v) is 4.27. The van der Waals surface area contributed by atoms with Crippen molar-refractivity contribution in [2.75, 3.05) is 31.6 Å². The van der Waals surface area contributed by atoms with Gasteiger partial charge in [-0.05, 0) is 59.4 Å². The van der Waals surface area contributed by atoms with Gasteiger partial charge in [0.25, 0.3) is 0 Å². The van der Waals surface area contributed by atoms with E-state index < -0.39 is 0 Å². The summed E-state index contributed by atoms with van der Waals surface area (Å²) in [4.78, 5) is 9.41. The standard InChI is InChI=1S/C17H30N4/c1-16(2,3)19-12-14-7-8-18-15(11-14)21-10-9-20(6)17(4,5)13-21/h7-8,11,19H,9-10,12-13H2,1-6H3. The topological polar surface area (TPSA) is 31.4 Å². The molecule has 21 heavy (non-hydrogen) atoms. The third-order valence-electron chi connectivity index (χ3n) is 4.27. The van der Waals surface area contributed by atoms with Crippen LogP contribution in [-0.4, -0.2) is 47.6 Å². The number of rotatable bonds is 3. The minimum atomic E-state index is 0.138. The Kier molecular flexibility index (Phi) is 4.59. The van der Waals surface area contributed by atoms with Gasteiger partial charge in [-0.25, -0.2) is 4.98 Å². The van der Waals surface area contributed by atoms with E-state index in [0.717, 1.165) is 32.0 Å². The molecule has 0 radical (unpaired) electrons. The lowest BCUT2D eigenvalue weighted by atomic mass is 9.99. The molecular formula is C17H30N4. The average molecular weight is 290 g/mol. The summed E-state index contributed by atoms with van der Waals surface area (Å²) in [5, 5.41) is 3.54. The highest BCUT2D eigenvalue weighted by Gasteiger charge is 2.31. The molecule has 1 fully saturated rings. The van der Waals surface area contributed by atoms with Crippen molar-refractivity contribution in [3.05, 3.63) is 23.9 Å². The van der Waals surface area contributed by atoms with Crippen molar-refractivity contribution < 1.29 is 0 Å². The highest BCUT2D eigenvalue weighted by Crippen LogP contribution is 2.23. The van der Waals surface area contributed by atoms with E-state index in [0.29, 0.717) is 0 Å². The molecule has 4 heteroatoms. The van der Waals surface area contributed by atoms with Gasteiger partial charge in [0.05, 0.1) is 0 Å². The first-order valence-corrected chi connectivity index (χ1v) is 7.83. The van der Waals surface area contributed by atoms with E-state index >= 15 is 0 Å². The predicted octanol–water partition coefficient (Wildman–Crippen LogP) is 2.50. The van der Waals surface area contributed by atoms with E-state index in [-0.39, 0.29) is 11.1 Å². The fourth-order valence-electron chi connectivity index (χ4n) is 2.55. The van der Waals surface area contributed by atoms with Crippen LogP contribution in [0.15, 0.2) is 18.3 Å². The van der Waals surface area contributed by atoms with Gasteiger partial charge in [-0.1, -0.05) is 0 Å². The smallest absolute Gasteiger partial charge is 0.128 e. The van der Waals surface area contributed by atoms with E-state index in [1.807, 2.05) is 6.20 Å². The highest BCUT2D eigenvalue weighted by atomic mass is 15.3. The number of pyridine rings is 1. The quantitative estimate of drug-likeness (QED) is 0.927. The Balaban J connectivity index is 2.07. The van der Waals surface area contributed by atoms with Crippen LogP contribution in [0.4, 0.5) is 5.82 Å². The Morgan fingerprint density at radius 3 is 2.62 bits per heavy atom. The van der Waals surface area contributed by atoms with Crippen LogP contribution >= 0.6 is 0 Å². The molecule has 0 unspecified atom stereocenters. The maximum Gasteiger partial charge on any atom is 0.128 e. The number of hydrogen-bond donors (Lipinski definition) is 1. The highest BCUT2D eigenvalue weighted by molar-refractivity contribution is 5.42. The van der Waals surface area contributed by atoms with Crippen LogP contribution in [0, 0.1) is 0 Å². The summed E-state index contributed by atoms with van der Waals surface area (Å²) in [5.41, 5.74) is 1.63. The van der Waals surface area contributed by atoms with Gasteiger partial charge in [0.1, 0.15) is 5.82 Å². The molecule has 1 aromatic heterocycles. The molecule has 4 nitrogen and oxygen atoms in total. The van der Waals surface area contributed by atoms with Crippen LogP contribution in [0.25, 0.3) is 0 Å². The second-order valence-electron chi connectivity index (χ2n) is 7.78. The molecule has 1 N–H and O–H groups in total. The Bertz CT molecular complexity index is 476. The van der Waals surface area contributed by atoms with Crippen molar-refractivity contribution in [2.24, 2.45) is 0 Å². The lowest BCUT2D eigenvalue weighted by molar-refractivity contribution is 0.138. The van der Waals surface area contributed by atoms with Gasteiger partial charge in [0, 0.05) is 43.5 Å². The largest absolute Gasteiger partial charge is 0.353 e. The first-order valence-electron chi connectivity index (χ1n) is 7.83. The number of likely N-dealkylation sites (N-methyl/N-ethyl adjacent to an activating group) is 1. The first-order chi connectivity index (χ1) is 9.67. The minimum absolute atomic E-state index is 0.138. The van der Waals surface area contributed by atoms with Crippen LogP contribution < -0.4 is 10.2 Å². The monoisotopic (exact) mass is 290 g/mol. The summed E-state index contributed by atoms with van der Waals surface area (Å²) in [5.74, 6) is 1.10. The second-order valence-corrected chi connectivity index (χ2v) is 7.78. The van der Waals surface area contributed by atoms with Crippen LogP contribution in [0.1, 0.15) is 40.2 Å². The van der Waals surface area contributed by atoms with Crippen molar-refractivity contribution in [3.8, 4) is 0 Å². The molecule has 0 atom stereocenters. The number of hydrogen-bond acceptors (Lipinski definition) is 4. The molecule has 0 spiro atoms. The van der Waals surface area contributed by atoms with Crippen molar-refractivity contribution in [1.29, 1.82) is 0 Å². The lowest BCUT2D eigenvalue weighted by Crippen LogP contribution is -2.57. The molecule has 0 saturated carbocycles. The zero-order chi connectivity index (χ0) is 15.7. The summed E-state index contributed by atoms with van der Waals surface area (Å²) in [6.45, 7) is 15.2. The Labute approximate surface area is 129 Å². The zero-order valence-electron chi connectivity index (χ0n) is 14.4. The fraction of sp³-hybridized carbons (Fsp3) is 0.706. The van der Waals surface area contributed by atoms with Gasteiger partial charge in [-0.15, -0.1) is 0 Å². The Hall–Kier alpha value is -1.13. The predicted molar refractivity (Wildman–Crippen MR) is 89.8 cm³/mol. The molecule has 1 aliphatic rings. The van der Waals surface area contributed by atoms with Gasteiger partial charge < -0.3 is 10.2 Å². The molecule has 1 aliphatic heterocycles. The van der Waals surface area contributed by atoms with Gasteiger partial charge in [-0.2, -0.15) is 0 Å². The van der Waals surface area contributed by atoms with E-state index in [4.69, 9.17) is 0 Å². The van der Waals surface area contributed by atoms with Gasteiger partial charge in [0.2, 0.25) is 0 Å². The molecular weight excluding hydrogens is 260 g/mol. The molecule has 0 bridgehead atoms. The van der Waals surface area contributed by atoms with Crippen molar-refractivity contribution in [2.45, 2.75) is 52.2 Å². The summed E-state index contributed by atoms with van der Waals surface area (Å²) in [6, 6.07) is 4.32. The number of piperazine rings is 1. The Morgan fingerprint density at radius 2 is 2.00 bits per heavy atom. The van der Waals surface area contributed by atoms with Gasteiger partial charge >= 0.3 is 0 Å². The van der Waals surface area contributed by atoms with E-state index in [9.17, 15) is 0 Å².